The van der Waals surface area contributed by atoms with Gasteiger partial charge in [-0.25, -0.2) is 0 Å². The molecule has 6 atom stereocenters. The van der Waals surface area contributed by atoms with Crippen molar-refractivity contribution in [1.82, 2.24) is 0 Å². The molecule has 0 radical (unpaired) electrons. The summed E-state index contributed by atoms with van der Waals surface area (Å²) in [4.78, 5) is 0. The topological polar surface area (TPSA) is 0 Å². The number of fused-ring (bicyclic) bond motifs is 2. The molecule has 0 heteroatoms. The van der Waals surface area contributed by atoms with Crippen LogP contribution in [-0.2, 0) is 0 Å². The van der Waals surface area contributed by atoms with Crippen LogP contribution in [0.15, 0.2) is 23.8 Å². The molecule has 18 heavy (non-hydrogen) atoms. The molecule has 100 valence electrons. The number of hydrogen-bond donors (Lipinski definition) is 0. The van der Waals surface area contributed by atoms with E-state index in [0.29, 0.717) is 0 Å². The van der Waals surface area contributed by atoms with E-state index >= 15 is 0 Å². The second-order valence-electron chi connectivity index (χ2n) is 6.88. The van der Waals surface area contributed by atoms with Crippen LogP contribution >= 0.6 is 0 Å². The lowest BCUT2D eigenvalue weighted by molar-refractivity contribution is 0.218. The fraction of sp³-hybridized carbons (Fsp3) is 0.778. The van der Waals surface area contributed by atoms with E-state index in [2.05, 4.69) is 39.0 Å². The zero-order valence-corrected chi connectivity index (χ0v) is 12.2. The van der Waals surface area contributed by atoms with Gasteiger partial charge in [-0.05, 0) is 67.6 Å². The second-order valence-corrected chi connectivity index (χ2v) is 6.88. The van der Waals surface area contributed by atoms with Gasteiger partial charge in [0.05, 0.1) is 0 Å². The lowest BCUT2D eigenvalue weighted by atomic mass is 9.70. The van der Waals surface area contributed by atoms with E-state index in [1.807, 2.05) is 5.57 Å². The van der Waals surface area contributed by atoms with Gasteiger partial charge >= 0.3 is 0 Å². The maximum Gasteiger partial charge on any atom is -0.0172 e. The Morgan fingerprint density at radius 2 is 1.89 bits per heavy atom. The van der Waals surface area contributed by atoms with Gasteiger partial charge in [0.1, 0.15) is 0 Å². The molecule has 0 nitrogen and oxygen atoms in total. The van der Waals surface area contributed by atoms with E-state index in [0.717, 1.165) is 35.5 Å². The average Bonchev–Trinajstić information content (AvgIpc) is 3.02. The molecule has 2 saturated carbocycles. The highest BCUT2D eigenvalue weighted by Gasteiger charge is 2.50. The van der Waals surface area contributed by atoms with Crippen molar-refractivity contribution in [2.24, 2.45) is 35.5 Å². The fourth-order valence-corrected chi connectivity index (χ4v) is 5.21. The molecular formula is C18H28. The van der Waals surface area contributed by atoms with Gasteiger partial charge in [-0.3, -0.25) is 0 Å². The maximum absolute atomic E-state index is 2.56. The first-order valence-corrected chi connectivity index (χ1v) is 8.12. The number of rotatable bonds is 3. The van der Waals surface area contributed by atoms with E-state index < -0.39 is 0 Å². The monoisotopic (exact) mass is 244 g/mol. The average molecular weight is 244 g/mol. The van der Waals surface area contributed by atoms with E-state index in [9.17, 15) is 0 Å². The molecule has 3 rings (SSSR count). The summed E-state index contributed by atoms with van der Waals surface area (Å²) in [6, 6.07) is 0. The van der Waals surface area contributed by atoms with Crippen LogP contribution in [0.2, 0.25) is 0 Å². The Morgan fingerprint density at radius 3 is 2.50 bits per heavy atom. The molecule has 6 unspecified atom stereocenters. The van der Waals surface area contributed by atoms with Crippen LogP contribution in [0, 0.1) is 35.5 Å². The van der Waals surface area contributed by atoms with E-state index in [4.69, 9.17) is 0 Å². The summed E-state index contributed by atoms with van der Waals surface area (Å²) < 4.78 is 0. The Labute approximate surface area is 113 Å². The predicted molar refractivity (Wildman–Crippen MR) is 78.3 cm³/mol. The molecule has 0 aromatic heterocycles. The Balaban J connectivity index is 1.76. The van der Waals surface area contributed by atoms with Gasteiger partial charge in [0, 0.05) is 0 Å². The Hall–Kier alpha value is -0.520. The molecule has 0 aliphatic heterocycles. The van der Waals surface area contributed by atoms with Gasteiger partial charge in [-0.1, -0.05) is 44.6 Å². The summed E-state index contributed by atoms with van der Waals surface area (Å²) in [6.07, 6.45) is 14.6. The molecule has 3 aliphatic rings. The first kappa shape index (κ1) is 12.5. The van der Waals surface area contributed by atoms with Crippen molar-refractivity contribution in [2.75, 3.05) is 0 Å². The number of allylic oxidation sites excluding steroid dienone is 4. The lowest BCUT2D eigenvalue weighted by Crippen LogP contribution is -2.26. The largest absolute Gasteiger partial charge is 0.0854 e. The van der Waals surface area contributed by atoms with Gasteiger partial charge in [0.2, 0.25) is 0 Å². The van der Waals surface area contributed by atoms with E-state index in [-0.39, 0.29) is 0 Å². The van der Waals surface area contributed by atoms with Crippen molar-refractivity contribution in [3.8, 4) is 0 Å². The van der Waals surface area contributed by atoms with Crippen LogP contribution in [0.25, 0.3) is 0 Å². The molecule has 0 aromatic rings. The molecule has 2 fully saturated rings. The van der Waals surface area contributed by atoms with E-state index in [1.165, 1.54) is 32.1 Å². The van der Waals surface area contributed by atoms with Crippen molar-refractivity contribution < 1.29 is 0 Å². The first-order valence-electron chi connectivity index (χ1n) is 8.12. The summed E-state index contributed by atoms with van der Waals surface area (Å²) >= 11 is 0. The highest BCUT2D eigenvalue weighted by molar-refractivity contribution is 5.24. The third-order valence-corrected chi connectivity index (χ3v) is 5.84. The molecule has 0 heterocycles. The van der Waals surface area contributed by atoms with Crippen LogP contribution in [0.4, 0.5) is 0 Å². The summed E-state index contributed by atoms with van der Waals surface area (Å²) in [6.45, 7) is 7.08. The summed E-state index contributed by atoms with van der Waals surface area (Å²) in [5.74, 6) is 5.65. The molecule has 0 aromatic carbocycles. The summed E-state index contributed by atoms with van der Waals surface area (Å²) in [7, 11) is 0. The highest BCUT2D eigenvalue weighted by atomic mass is 14.5. The lowest BCUT2D eigenvalue weighted by Gasteiger charge is -2.34. The van der Waals surface area contributed by atoms with Crippen LogP contribution in [0.1, 0.15) is 52.9 Å². The van der Waals surface area contributed by atoms with E-state index in [1.54, 1.807) is 0 Å². The van der Waals surface area contributed by atoms with Crippen LogP contribution in [0.5, 0.6) is 0 Å². The van der Waals surface area contributed by atoms with Crippen LogP contribution in [0.3, 0.4) is 0 Å². The van der Waals surface area contributed by atoms with Crippen molar-refractivity contribution in [3.05, 3.63) is 23.8 Å². The third-order valence-electron chi connectivity index (χ3n) is 5.84. The Morgan fingerprint density at radius 1 is 1.11 bits per heavy atom. The predicted octanol–water partition coefficient (Wildman–Crippen LogP) is 5.22. The fourth-order valence-electron chi connectivity index (χ4n) is 5.21. The SMILES string of the molecule is CCC=C1C2CC(C3C=CC(C)C3)C(C2)C1CC. The molecule has 2 bridgehead atoms. The second kappa shape index (κ2) is 4.87. The summed E-state index contributed by atoms with van der Waals surface area (Å²) in [5, 5.41) is 0. The Bertz CT molecular complexity index is 362. The van der Waals surface area contributed by atoms with Gasteiger partial charge in [0.25, 0.3) is 0 Å². The zero-order chi connectivity index (χ0) is 12.7. The molecule has 0 amide bonds. The van der Waals surface area contributed by atoms with Gasteiger partial charge in [0.15, 0.2) is 0 Å². The highest BCUT2D eigenvalue weighted by Crippen LogP contribution is 2.59. The van der Waals surface area contributed by atoms with Crippen LogP contribution < -0.4 is 0 Å². The zero-order valence-electron chi connectivity index (χ0n) is 12.2. The summed E-state index contributed by atoms with van der Waals surface area (Å²) in [5.41, 5.74) is 1.84. The smallest absolute Gasteiger partial charge is 0.0172 e. The van der Waals surface area contributed by atoms with Crippen molar-refractivity contribution >= 4 is 0 Å². The number of hydrogen-bond acceptors (Lipinski definition) is 0. The van der Waals surface area contributed by atoms with Crippen molar-refractivity contribution in [2.45, 2.75) is 52.9 Å². The standard InChI is InChI=1S/C18H28/c1-4-6-16-14-10-17(13-8-7-12(3)9-13)18(11-14)15(16)5-2/h6-8,12-15,17-18H,4-5,9-11H2,1-3H3. The minimum absolute atomic E-state index is 0.833. The molecular weight excluding hydrogens is 216 g/mol. The molecule has 0 saturated heterocycles. The maximum atomic E-state index is 2.56. The Kier molecular flexibility index (Phi) is 3.38. The van der Waals surface area contributed by atoms with Gasteiger partial charge in [-0.2, -0.15) is 0 Å². The minimum atomic E-state index is 0.833. The third kappa shape index (κ3) is 1.89. The molecule has 0 N–H and O–H groups in total. The molecule has 0 spiro atoms. The van der Waals surface area contributed by atoms with Crippen molar-refractivity contribution in [1.29, 1.82) is 0 Å². The minimum Gasteiger partial charge on any atom is -0.0854 e. The first-order chi connectivity index (χ1) is 8.74. The van der Waals surface area contributed by atoms with Crippen LogP contribution in [-0.4, -0.2) is 0 Å². The quantitative estimate of drug-likeness (QED) is 0.597. The van der Waals surface area contributed by atoms with Gasteiger partial charge in [-0.15, -0.1) is 0 Å². The molecule has 3 aliphatic carbocycles. The normalized spacial score (nSPS) is 48.5. The van der Waals surface area contributed by atoms with Crippen molar-refractivity contribution in [3.63, 3.8) is 0 Å². The van der Waals surface area contributed by atoms with Gasteiger partial charge < -0.3 is 0 Å².